The summed E-state index contributed by atoms with van der Waals surface area (Å²) >= 11 is 4.57. The maximum absolute atomic E-state index is 13.3. The van der Waals surface area contributed by atoms with Gasteiger partial charge in [-0.3, -0.25) is 0 Å². The number of alkyl halides is 3. The van der Waals surface area contributed by atoms with Crippen LogP contribution in [-0.4, -0.2) is 20.2 Å². The second-order valence-electron chi connectivity index (χ2n) is 4.82. The summed E-state index contributed by atoms with van der Waals surface area (Å²) in [4.78, 5) is 0.0498. The summed E-state index contributed by atoms with van der Waals surface area (Å²) in [6.45, 7) is 0. The average molecular weight is 359 g/mol. The quantitative estimate of drug-likeness (QED) is 0.834. The average Bonchev–Trinajstić information content (AvgIpc) is 2.46. The number of thiocarbonyl (C=S) groups is 1. The van der Waals surface area contributed by atoms with E-state index in [0.717, 1.165) is 17.8 Å². The van der Waals surface area contributed by atoms with Crippen molar-refractivity contribution in [2.24, 2.45) is 0 Å². The van der Waals surface area contributed by atoms with Gasteiger partial charge in [-0.05, 0) is 35.4 Å². The van der Waals surface area contributed by atoms with Crippen LogP contribution in [-0.2, 0) is 16.0 Å². The van der Waals surface area contributed by atoms with Gasteiger partial charge < -0.3 is 5.32 Å². The van der Waals surface area contributed by atoms with Gasteiger partial charge >= 0.3 is 6.18 Å². The van der Waals surface area contributed by atoms with E-state index in [1.54, 1.807) is 0 Å². The molecular weight excluding hydrogens is 347 g/mol. The molecule has 0 unspecified atom stereocenters. The number of hydrogen-bond donors (Lipinski definition) is 1. The molecular formula is C15H12F3NO2S2. The highest BCUT2D eigenvalue weighted by Gasteiger charge is 2.34. The molecule has 2 rings (SSSR count). The van der Waals surface area contributed by atoms with Crippen LogP contribution >= 0.6 is 12.2 Å². The zero-order valence-corrected chi connectivity index (χ0v) is 13.5. The Hall–Kier alpha value is -1.93. The van der Waals surface area contributed by atoms with E-state index < -0.39 is 21.6 Å². The first-order valence-corrected chi connectivity index (χ1v) is 8.71. The molecule has 8 heteroatoms. The van der Waals surface area contributed by atoms with Crippen LogP contribution in [0.25, 0.3) is 11.1 Å². The molecule has 0 saturated heterocycles. The number of halogens is 3. The van der Waals surface area contributed by atoms with Crippen molar-refractivity contribution in [2.45, 2.75) is 11.1 Å². The fraction of sp³-hybridized carbons (Fsp3) is 0.133. The van der Waals surface area contributed by atoms with E-state index in [9.17, 15) is 21.6 Å². The molecule has 0 atom stereocenters. The monoisotopic (exact) mass is 359 g/mol. The molecule has 2 aromatic carbocycles. The normalized spacial score (nSPS) is 12.0. The Morgan fingerprint density at radius 1 is 1.09 bits per heavy atom. The van der Waals surface area contributed by atoms with E-state index in [2.05, 4.69) is 17.5 Å². The van der Waals surface area contributed by atoms with Gasteiger partial charge in [0.1, 0.15) is 0 Å². The first kappa shape index (κ1) is 17.4. The van der Waals surface area contributed by atoms with Crippen molar-refractivity contribution in [2.75, 3.05) is 11.6 Å². The summed E-state index contributed by atoms with van der Waals surface area (Å²) in [5.74, 6) is 0. The first-order chi connectivity index (χ1) is 10.6. The number of nitrogens with one attached hydrogen (secondary N) is 1. The maximum atomic E-state index is 13.3. The highest BCUT2D eigenvalue weighted by Crippen LogP contribution is 2.38. The third-order valence-electron chi connectivity index (χ3n) is 3.14. The first-order valence-electron chi connectivity index (χ1n) is 6.35. The molecule has 0 spiro atoms. The highest BCUT2D eigenvalue weighted by atomic mass is 32.2. The molecule has 3 nitrogen and oxygen atoms in total. The molecule has 0 aliphatic carbocycles. The minimum absolute atomic E-state index is 0.0348. The van der Waals surface area contributed by atoms with Crippen LogP contribution in [0, 0.1) is 0 Å². The molecule has 23 heavy (non-hydrogen) atoms. The maximum Gasteiger partial charge on any atom is 0.417 e. The van der Waals surface area contributed by atoms with Gasteiger partial charge in [-0.2, -0.15) is 13.2 Å². The molecule has 0 heterocycles. The molecule has 0 aromatic heterocycles. The Balaban J connectivity index is 2.56. The third kappa shape index (κ3) is 4.08. The molecule has 0 saturated carbocycles. The number of hydrogen-bond acceptors (Lipinski definition) is 3. The van der Waals surface area contributed by atoms with Gasteiger partial charge in [-0.1, -0.05) is 30.4 Å². The molecule has 122 valence electrons. The minimum atomic E-state index is -4.55. The molecule has 0 aliphatic rings. The smallest absolute Gasteiger partial charge is 0.353 e. The summed E-state index contributed by atoms with van der Waals surface area (Å²) in [6.07, 6.45) is -3.51. The van der Waals surface area contributed by atoms with Crippen LogP contribution in [0.5, 0.6) is 0 Å². The third-order valence-corrected chi connectivity index (χ3v) is 4.39. The summed E-state index contributed by atoms with van der Waals surface area (Å²) in [5, 5.41) is 2.54. The van der Waals surface area contributed by atoms with Crippen LogP contribution in [0.1, 0.15) is 5.56 Å². The van der Waals surface area contributed by atoms with E-state index in [4.69, 9.17) is 0 Å². The standard InChI is InChI=1S/C15H12F3NO2S2/c1-23(20,21)12-5-2-10(3-6-12)13-7-4-11(19-9-22)8-14(13)15(16,17)18/h2-9H,1H3,(H,19,22). The largest absolute Gasteiger partial charge is 0.417 e. The molecule has 0 amide bonds. The van der Waals surface area contributed by atoms with Crippen LogP contribution < -0.4 is 5.32 Å². The van der Waals surface area contributed by atoms with Gasteiger partial charge in [0, 0.05) is 11.9 Å². The lowest BCUT2D eigenvalue weighted by molar-refractivity contribution is -0.137. The number of rotatable bonds is 4. The Morgan fingerprint density at radius 2 is 1.70 bits per heavy atom. The van der Waals surface area contributed by atoms with E-state index in [1.165, 1.54) is 36.4 Å². The zero-order valence-electron chi connectivity index (χ0n) is 11.9. The van der Waals surface area contributed by atoms with Crippen molar-refractivity contribution in [1.82, 2.24) is 0 Å². The van der Waals surface area contributed by atoms with Crippen molar-refractivity contribution < 1.29 is 21.6 Å². The van der Waals surface area contributed by atoms with Gasteiger partial charge in [0.05, 0.1) is 16.0 Å². The fourth-order valence-electron chi connectivity index (χ4n) is 2.07. The lowest BCUT2D eigenvalue weighted by atomic mass is 9.98. The fourth-order valence-corrected chi connectivity index (χ4v) is 2.84. The van der Waals surface area contributed by atoms with Gasteiger partial charge in [0.15, 0.2) is 9.84 Å². The lowest BCUT2D eigenvalue weighted by Crippen LogP contribution is -2.08. The number of benzene rings is 2. The van der Waals surface area contributed by atoms with Gasteiger partial charge in [-0.15, -0.1) is 0 Å². The van der Waals surface area contributed by atoms with Crippen molar-refractivity contribution in [3.05, 3.63) is 48.0 Å². The molecule has 1 N–H and O–H groups in total. The Labute approximate surface area is 137 Å². The topological polar surface area (TPSA) is 46.2 Å². The second-order valence-corrected chi connectivity index (χ2v) is 7.07. The number of anilines is 1. The highest BCUT2D eigenvalue weighted by molar-refractivity contribution is 7.90. The summed E-state index contributed by atoms with van der Waals surface area (Å²) < 4.78 is 62.6. The summed E-state index contributed by atoms with van der Waals surface area (Å²) in [6, 6.07) is 9.03. The van der Waals surface area contributed by atoms with Crippen molar-refractivity contribution in [3.63, 3.8) is 0 Å². The number of sulfone groups is 1. The van der Waals surface area contributed by atoms with E-state index in [-0.39, 0.29) is 21.7 Å². The molecule has 0 bridgehead atoms. The lowest BCUT2D eigenvalue weighted by Gasteiger charge is -2.15. The van der Waals surface area contributed by atoms with Crippen molar-refractivity contribution in [1.29, 1.82) is 0 Å². The van der Waals surface area contributed by atoms with E-state index >= 15 is 0 Å². The minimum Gasteiger partial charge on any atom is -0.353 e. The summed E-state index contributed by atoms with van der Waals surface area (Å²) in [7, 11) is -3.40. The van der Waals surface area contributed by atoms with Crippen molar-refractivity contribution in [3.8, 4) is 11.1 Å². The Bertz CT molecular complexity index is 829. The zero-order chi connectivity index (χ0) is 17.3. The van der Waals surface area contributed by atoms with Gasteiger partial charge in [-0.25, -0.2) is 8.42 Å². The van der Waals surface area contributed by atoms with E-state index in [1.807, 2.05) is 0 Å². The van der Waals surface area contributed by atoms with Crippen LogP contribution in [0.3, 0.4) is 0 Å². The SMILES string of the molecule is CS(=O)(=O)c1ccc(-c2ccc(NC=S)cc2C(F)(F)F)cc1. The Morgan fingerprint density at radius 3 is 2.17 bits per heavy atom. The van der Waals surface area contributed by atoms with Gasteiger partial charge in [0.2, 0.25) is 0 Å². The predicted octanol–water partition coefficient (Wildman–Crippen LogP) is 4.15. The van der Waals surface area contributed by atoms with Gasteiger partial charge in [0.25, 0.3) is 0 Å². The second kappa shape index (κ2) is 6.29. The van der Waals surface area contributed by atoms with Crippen molar-refractivity contribution >= 4 is 33.2 Å². The van der Waals surface area contributed by atoms with E-state index in [0.29, 0.717) is 0 Å². The van der Waals surface area contributed by atoms with Crippen LogP contribution in [0.4, 0.5) is 18.9 Å². The van der Waals surface area contributed by atoms with Crippen LogP contribution in [0.15, 0.2) is 47.4 Å². The predicted molar refractivity (Wildman–Crippen MR) is 87.3 cm³/mol. The molecule has 0 fully saturated rings. The molecule has 0 radical (unpaired) electrons. The van der Waals surface area contributed by atoms with Crippen LogP contribution in [0.2, 0.25) is 0 Å². The molecule has 2 aromatic rings. The molecule has 0 aliphatic heterocycles. The summed E-state index contributed by atoms with van der Waals surface area (Å²) in [5.41, 5.74) is 0.761. The Kier molecular flexibility index (Phi) is 4.76.